The van der Waals surface area contributed by atoms with Crippen molar-refractivity contribution in [2.45, 2.75) is 35.8 Å². The van der Waals surface area contributed by atoms with Crippen molar-refractivity contribution in [2.75, 3.05) is 39.4 Å². The van der Waals surface area contributed by atoms with E-state index < -0.39 is 41.5 Å². The van der Waals surface area contributed by atoms with Gasteiger partial charge in [0.1, 0.15) is 22.1 Å². The molecule has 322 valence electrons. The first-order valence-corrected chi connectivity index (χ1v) is 22.2. The number of nitrogens with zero attached hydrogens (tertiary/aromatic N) is 6. The topological polar surface area (TPSA) is 247 Å². The van der Waals surface area contributed by atoms with E-state index in [9.17, 15) is 13.2 Å². The van der Waals surface area contributed by atoms with Crippen molar-refractivity contribution < 1.29 is 40.9 Å². The Morgan fingerprint density at radius 3 is 1.94 bits per heavy atom. The summed E-state index contributed by atoms with van der Waals surface area (Å²) in [5.74, 6) is 1.05. The Kier molecular flexibility index (Phi) is 12.7. The summed E-state index contributed by atoms with van der Waals surface area (Å²) in [7, 11) is -4.81. The molecule has 5 aromatic carbocycles. The van der Waals surface area contributed by atoms with Crippen molar-refractivity contribution in [3.05, 3.63) is 120 Å². The fourth-order valence-electron chi connectivity index (χ4n) is 6.88. The zero-order chi connectivity index (χ0) is 44.0. The van der Waals surface area contributed by atoms with Crippen LogP contribution in [-0.2, 0) is 39.5 Å². The van der Waals surface area contributed by atoms with E-state index in [-0.39, 0.29) is 55.5 Å². The van der Waals surface area contributed by atoms with Crippen LogP contribution in [0.5, 0.6) is 17.2 Å². The van der Waals surface area contributed by atoms with Crippen molar-refractivity contribution in [3.63, 3.8) is 0 Å². The molecule has 0 aliphatic carbocycles. The third-order valence-corrected chi connectivity index (χ3v) is 13.8. The maximum Gasteiger partial charge on any atom is 0.404 e. The fourth-order valence-corrected chi connectivity index (χ4v) is 10.7. The lowest BCUT2D eigenvalue weighted by molar-refractivity contribution is 0.194. The van der Waals surface area contributed by atoms with Gasteiger partial charge in [0.2, 0.25) is 15.8 Å². The van der Waals surface area contributed by atoms with Crippen LogP contribution in [0.3, 0.4) is 0 Å². The van der Waals surface area contributed by atoms with Crippen LogP contribution < -0.4 is 25.3 Å². The van der Waals surface area contributed by atoms with Crippen LogP contribution in [0.2, 0.25) is 0 Å². The van der Waals surface area contributed by atoms with Gasteiger partial charge in [-0.1, -0.05) is 54.6 Å². The molecule has 5 N–H and O–H groups in total. The summed E-state index contributed by atoms with van der Waals surface area (Å²) in [6.07, 6.45) is -1.49. The predicted molar refractivity (Wildman–Crippen MR) is 230 cm³/mol. The predicted octanol–water partition coefficient (Wildman–Crippen LogP) is 5.36. The van der Waals surface area contributed by atoms with Gasteiger partial charge < -0.3 is 35.4 Å². The highest BCUT2D eigenvalue weighted by atomic mass is 32.2. The van der Waals surface area contributed by atoms with Gasteiger partial charge in [0.15, 0.2) is 15.8 Å². The van der Waals surface area contributed by atoms with Gasteiger partial charge in [-0.15, -0.1) is 10.2 Å². The second kappa shape index (κ2) is 18.3. The van der Waals surface area contributed by atoms with E-state index in [0.29, 0.717) is 45.0 Å². The van der Waals surface area contributed by atoms with Gasteiger partial charge in [0, 0.05) is 25.2 Å². The standard InChI is InChI=1S/C42H43N9O9S2/c1-58-30-14-8-27(9-15-30)24-50(25-28-10-16-31(59-2)17-11-28)62(56,57)39-36(61(54,55)23-5-22-44-42(52)53)21-20-33(34-6-4-7-35-38(34)46-41(43)45-35)37(39)40-47-49-51(48-40)26-29-12-18-32(60-3)19-13-29/h4,6-21,44H,5,22-26H2,1-3H3,(H,52,53)(H3,43,45,46). The number of amides is 1. The number of rotatable bonds is 18. The van der Waals surface area contributed by atoms with E-state index in [1.807, 2.05) is 12.1 Å². The molecule has 18 nitrogen and oxygen atoms in total. The first-order chi connectivity index (χ1) is 29.8. The second-order valence-electron chi connectivity index (χ2n) is 14.0. The van der Waals surface area contributed by atoms with Gasteiger partial charge in [-0.2, -0.15) is 9.10 Å². The number of imidazole rings is 1. The average molecular weight is 882 g/mol. The summed E-state index contributed by atoms with van der Waals surface area (Å²) in [6.45, 7) is -0.484. The van der Waals surface area contributed by atoms with Crippen molar-refractivity contribution in [3.8, 4) is 39.8 Å². The molecule has 20 heteroatoms. The van der Waals surface area contributed by atoms with E-state index >= 15 is 8.42 Å². The van der Waals surface area contributed by atoms with Crippen molar-refractivity contribution in [1.29, 1.82) is 0 Å². The highest BCUT2D eigenvalue weighted by molar-refractivity contribution is 7.93. The average Bonchev–Trinajstić information content (AvgIpc) is 3.90. The summed E-state index contributed by atoms with van der Waals surface area (Å²) in [4.78, 5) is 18.9. The first-order valence-electron chi connectivity index (χ1n) is 19.1. The van der Waals surface area contributed by atoms with E-state index in [1.54, 1.807) is 86.0 Å². The van der Waals surface area contributed by atoms with Crippen LogP contribution in [0.15, 0.2) is 113 Å². The molecular formula is C42H43N9O9S2. The zero-order valence-corrected chi connectivity index (χ0v) is 35.5. The highest BCUT2D eigenvalue weighted by Gasteiger charge is 2.38. The Bertz CT molecular complexity index is 2870. The minimum atomic E-state index is -4.90. The Morgan fingerprint density at radius 1 is 0.790 bits per heavy atom. The van der Waals surface area contributed by atoms with Gasteiger partial charge in [-0.25, -0.2) is 26.6 Å². The normalized spacial score (nSPS) is 11.8. The molecule has 0 saturated carbocycles. The van der Waals surface area contributed by atoms with Gasteiger partial charge in [0.25, 0.3) is 0 Å². The van der Waals surface area contributed by atoms with Crippen molar-refractivity contribution in [1.82, 2.24) is 39.8 Å². The molecule has 0 aliphatic heterocycles. The van der Waals surface area contributed by atoms with Gasteiger partial charge in [-0.05, 0) is 82.4 Å². The molecule has 0 unspecified atom stereocenters. The van der Waals surface area contributed by atoms with Crippen LogP contribution in [0, 0.1) is 0 Å². The molecule has 7 aromatic rings. The number of ether oxygens (including phenoxy) is 3. The van der Waals surface area contributed by atoms with Gasteiger partial charge in [0.05, 0.1) is 55.1 Å². The lowest BCUT2D eigenvalue weighted by Gasteiger charge is -2.26. The first kappa shape index (κ1) is 43.1. The molecule has 1 amide bonds. The number of H-pyrrole nitrogens is 1. The van der Waals surface area contributed by atoms with Gasteiger partial charge in [-0.3, -0.25) is 0 Å². The van der Waals surface area contributed by atoms with E-state index in [0.717, 1.165) is 5.56 Å². The molecule has 0 saturated heterocycles. The number of nitrogens with two attached hydrogens (primary N) is 1. The summed E-state index contributed by atoms with van der Waals surface area (Å²) < 4.78 is 78.0. The molecular weight excluding hydrogens is 839 g/mol. The Labute approximate surface area is 357 Å². The van der Waals surface area contributed by atoms with Crippen LogP contribution in [-0.4, -0.2) is 96.1 Å². The number of methoxy groups -OCH3 is 3. The summed E-state index contributed by atoms with van der Waals surface area (Å²) >= 11 is 0. The molecule has 7 rings (SSSR count). The van der Waals surface area contributed by atoms with E-state index in [2.05, 4.69) is 30.7 Å². The van der Waals surface area contributed by atoms with Crippen LogP contribution in [0.4, 0.5) is 10.7 Å². The molecule has 2 aromatic heterocycles. The quantitative estimate of drug-likeness (QED) is 0.0793. The molecule has 0 spiro atoms. The molecule has 2 heterocycles. The SMILES string of the molecule is COc1ccc(CN(Cc2ccc(OC)cc2)S(=O)(=O)c2c(S(=O)(=O)CCCNC(=O)O)ccc(-c3cccc4[nH]c(N)nc34)c2-c2nnn(Cc3ccc(OC)cc3)n2)cc1. The third-order valence-electron chi connectivity index (χ3n) is 9.94. The summed E-state index contributed by atoms with van der Waals surface area (Å²) in [6, 6.07) is 28.7. The summed E-state index contributed by atoms with van der Waals surface area (Å²) in [5, 5.41) is 24.7. The number of tetrazole rings is 1. The molecule has 0 radical (unpaired) electrons. The number of aromatic nitrogens is 6. The number of sulfone groups is 1. The van der Waals surface area contributed by atoms with Gasteiger partial charge >= 0.3 is 6.09 Å². The number of hydrogen-bond acceptors (Lipinski definition) is 13. The Balaban J connectivity index is 1.49. The molecule has 0 fully saturated rings. The number of nitrogen functional groups attached to an aromatic ring is 1. The number of carbonyl (C=O) groups is 1. The molecule has 0 atom stereocenters. The number of fused-ring (bicyclic) bond motifs is 1. The van der Waals surface area contributed by atoms with Crippen molar-refractivity contribution in [2.24, 2.45) is 0 Å². The van der Waals surface area contributed by atoms with Crippen LogP contribution >= 0.6 is 0 Å². The smallest absolute Gasteiger partial charge is 0.404 e. The number of para-hydroxylation sites is 1. The zero-order valence-electron chi connectivity index (χ0n) is 33.8. The number of nitrogens with one attached hydrogen (secondary N) is 2. The summed E-state index contributed by atoms with van der Waals surface area (Å²) in [5.41, 5.74) is 9.42. The number of anilines is 1. The number of hydrogen-bond donors (Lipinski definition) is 4. The monoisotopic (exact) mass is 881 g/mol. The minimum absolute atomic E-state index is 0.102. The lowest BCUT2D eigenvalue weighted by Crippen LogP contribution is -2.32. The Hall–Kier alpha value is -7.03. The lowest BCUT2D eigenvalue weighted by atomic mass is 9.98. The number of aromatic amines is 1. The van der Waals surface area contributed by atoms with Crippen LogP contribution in [0.1, 0.15) is 23.1 Å². The van der Waals surface area contributed by atoms with Crippen molar-refractivity contribution >= 4 is 42.9 Å². The molecule has 62 heavy (non-hydrogen) atoms. The van der Waals surface area contributed by atoms with E-state index in [1.165, 1.54) is 35.5 Å². The maximum absolute atomic E-state index is 15.9. The molecule has 0 aliphatic rings. The maximum atomic E-state index is 15.9. The van der Waals surface area contributed by atoms with Crippen LogP contribution in [0.25, 0.3) is 33.5 Å². The number of sulfonamides is 1. The highest BCUT2D eigenvalue weighted by Crippen LogP contribution is 2.43. The number of benzene rings is 5. The van der Waals surface area contributed by atoms with E-state index in [4.69, 9.17) is 25.1 Å². The third kappa shape index (κ3) is 9.46. The minimum Gasteiger partial charge on any atom is -0.497 e. The Morgan fingerprint density at radius 2 is 1.37 bits per heavy atom. The number of carboxylic acid groups (broad SMARTS) is 1. The largest absolute Gasteiger partial charge is 0.497 e. The molecule has 0 bridgehead atoms. The fraction of sp³-hybridized carbons (Fsp3) is 0.214. The second-order valence-corrected chi connectivity index (χ2v) is 18.0.